The number of benzene rings is 6. The van der Waals surface area contributed by atoms with E-state index in [1.165, 1.54) is 60.7 Å². The highest BCUT2D eigenvalue weighted by Crippen LogP contribution is 2.33. The van der Waals surface area contributed by atoms with E-state index in [1.54, 1.807) is 36.4 Å². The summed E-state index contributed by atoms with van der Waals surface area (Å²) >= 11 is 0. The molecule has 11 nitrogen and oxygen atoms in total. The number of fused-ring (bicyclic) bond motifs is 2. The summed E-state index contributed by atoms with van der Waals surface area (Å²) in [6, 6.07) is 31.4. The summed E-state index contributed by atoms with van der Waals surface area (Å²) in [6.07, 6.45) is 0. The van der Waals surface area contributed by atoms with Gasteiger partial charge in [0, 0.05) is 52.1 Å². The maximum Gasteiger partial charge on any atom is 0.394 e. The fourth-order valence-corrected chi connectivity index (χ4v) is 7.69. The molecule has 2 heterocycles. The lowest BCUT2D eigenvalue weighted by Crippen LogP contribution is -2.21. The average Bonchev–Trinajstić information content (AvgIpc) is 3.78. The van der Waals surface area contributed by atoms with Gasteiger partial charge in [0.05, 0.1) is 27.8 Å². The molecular weight excluding hydrogens is 807 g/mol. The number of nitrogens with zero attached hydrogens (tertiary/aromatic N) is 2. The Morgan fingerprint density at radius 3 is 1.46 bits per heavy atom. The molecule has 2 aromatic heterocycles. The van der Waals surface area contributed by atoms with Crippen LogP contribution < -0.4 is 11.1 Å². The number of carboxylic acid groups (broad SMARTS) is 1. The smallest absolute Gasteiger partial charge is 0.394 e. The summed E-state index contributed by atoms with van der Waals surface area (Å²) in [4.78, 5) is 48.4. The molecule has 0 spiro atoms. The van der Waals surface area contributed by atoms with Crippen LogP contribution in [-0.2, 0) is 22.7 Å². The van der Waals surface area contributed by atoms with Crippen LogP contribution in [0.5, 0.6) is 11.5 Å². The molecule has 0 unspecified atom stereocenters. The van der Waals surface area contributed by atoms with Gasteiger partial charge in [-0.3, -0.25) is 14.4 Å². The summed E-state index contributed by atoms with van der Waals surface area (Å²) in [5.41, 5.74) is 15.5. The Hall–Kier alpha value is -8.06. The number of aliphatic carboxylic acids is 1. The first-order chi connectivity index (χ1) is 30.0. The maximum absolute atomic E-state index is 13.2. The molecule has 6 N–H and O–H groups in total. The van der Waals surface area contributed by atoms with E-state index >= 15 is 0 Å². The molecule has 6 aromatic carbocycles. The Labute approximate surface area is 360 Å². The van der Waals surface area contributed by atoms with Crippen LogP contribution in [0.25, 0.3) is 21.8 Å². The number of nitrogens with two attached hydrogens (primary N) is 1. The summed E-state index contributed by atoms with van der Waals surface area (Å²) in [7, 11) is 0. The second kappa shape index (κ2) is 17.5. The zero-order valence-corrected chi connectivity index (χ0v) is 34.7. The van der Waals surface area contributed by atoms with Crippen LogP contribution in [0, 0.1) is 39.3 Å². The Balaban J connectivity index is 0.000000191. The Morgan fingerprint density at radius 2 is 1.00 bits per heavy atom. The van der Waals surface area contributed by atoms with E-state index in [2.05, 4.69) is 16.0 Å². The van der Waals surface area contributed by atoms with Crippen LogP contribution in [0.15, 0.2) is 121 Å². The molecule has 0 saturated heterocycles. The minimum Gasteiger partial charge on any atom is -0.507 e. The van der Waals surface area contributed by atoms with Gasteiger partial charge in [0.2, 0.25) is 0 Å². The maximum atomic E-state index is 13.2. The number of ketones is 2. The van der Waals surface area contributed by atoms with Crippen molar-refractivity contribution in [2.24, 2.45) is 0 Å². The lowest BCUT2D eigenvalue weighted by Gasteiger charge is -2.13. The van der Waals surface area contributed by atoms with Crippen molar-refractivity contribution in [1.29, 1.82) is 0 Å². The van der Waals surface area contributed by atoms with Crippen LogP contribution in [0.1, 0.15) is 65.5 Å². The Bertz CT molecular complexity index is 3110. The third-order valence-corrected chi connectivity index (χ3v) is 10.9. The Kier molecular flexibility index (Phi) is 12.0. The van der Waals surface area contributed by atoms with Gasteiger partial charge in [0.1, 0.15) is 23.1 Å². The van der Waals surface area contributed by atoms with Crippen molar-refractivity contribution < 1.29 is 43.3 Å². The van der Waals surface area contributed by atoms with Crippen molar-refractivity contribution in [3.8, 4) is 11.5 Å². The van der Waals surface area contributed by atoms with Crippen molar-refractivity contribution in [3.05, 3.63) is 189 Å². The number of phenols is 2. The number of hydrogen-bond donors (Lipinski definition) is 5. The quantitative estimate of drug-likeness (QED) is 0.0542. The number of nitrogen functional groups attached to an aromatic ring is 1. The van der Waals surface area contributed by atoms with Gasteiger partial charge in [0.15, 0.2) is 11.6 Å². The normalized spacial score (nSPS) is 11.0. The van der Waals surface area contributed by atoms with Gasteiger partial charge in [-0.25, -0.2) is 13.6 Å². The van der Waals surface area contributed by atoms with E-state index in [9.17, 15) is 38.2 Å². The highest BCUT2D eigenvalue weighted by Gasteiger charge is 2.20. The zero-order chi connectivity index (χ0) is 45.3. The first-order valence-corrected chi connectivity index (χ1v) is 19.7. The average molecular weight is 849 g/mol. The first-order valence-electron chi connectivity index (χ1n) is 19.7. The van der Waals surface area contributed by atoms with E-state index in [0.29, 0.717) is 29.7 Å². The third-order valence-electron chi connectivity index (χ3n) is 10.9. The molecule has 0 atom stereocenters. The van der Waals surface area contributed by atoms with E-state index in [1.807, 2.05) is 50.5 Å². The van der Waals surface area contributed by atoms with Gasteiger partial charge >= 0.3 is 11.9 Å². The Morgan fingerprint density at radius 1 is 0.571 bits per heavy atom. The molecule has 13 heteroatoms. The number of carbonyl (C=O) groups excluding carboxylic acids is 3. The first kappa shape index (κ1) is 43.0. The number of phenolic OH excluding ortho intramolecular Hbond substituents is 2. The van der Waals surface area contributed by atoms with E-state index in [0.717, 1.165) is 55.7 Å². The molecule has 1 amide bonds. The third kappa shape index (κ3) is 8.89. The number of aryl methyl sites for hydroxylation is 4. The number of aromatic hydroxyl groups is 2. The van der Waals surface area contributed by atoms with Crippen molar-refractivity contribution in [3.63, 3.8) is 0 Å². The van der Waals surface area contributed by atoms with Gasteiger partial charge in [-0.1, -0.05) is 24.3 Å². The standard InChI is InChI=1S/C26H21FN2O5.C24H21FN2O2/c1-14-3-9-21(28-25(32)26(33)34)19-11-15(2)29(23(14)19)13-16-4-10-22(30)20(12-16)24(31)17-5-7-18(27)8-6-17;1-14-3-9-21(26)19-11-15(2)27(23(14)19)13-16-4-10-22(28)20(12-16)24(29)17-5-7-18(25)8-6-17/h3-12,30H,13H2,1-2H3,(H,28,32)(H,33,34);3-12,28H,13,26H2,1-2H3. The van der Waals surface area contributed by atoms with Crippen LogP contribution in [-0.4, -0.2) is 47.9 Å². The van der Waals surface area contributed by atoms with Gasteiger partial charge in [-0.2, -0.15) is 0 Å². The number of amides is 1. The minimum absolute atomic E-state index is 0.0995. The van der Waals surface area contributed by atoms with Crippen molar-refractivity contribution >= 4 is 56.6 Å². The second-order valence-electron chi connectivity index (χ2n) is 15.3. The molecule has 0 aliphatic heterocycles. The summed E-state index contributed by atoms with van der Waals surface area (Å²) < 4.78 is 30.5. The van der Waals surface area contributed by atoms with Crippen molar-refractivity contribution in [1.82, 2.24) is 9.13 Å². The highest BCUT2D eigenvalue weighted by atomic mass is 19.1. The number of rotatable bonds is 9. The van der Waals surface area contributed by atoms with E-state index in [-0.39, 0.29) is 34.0 Å². The second-order valence-corrected chi connectivity index (χ2v) is 15.3. The number of anilines is 2. The molecule has 0 bridgehead atoms. The molecule has 318 valence electrons. The number of carbonyl (C=O) groups is 4. The van der Waals surface area contributed by atoms with Crippen LogP contribution in [0.4, 0.5) is 20.2 Å². The van der Waals surface area contributed by atoms with Crippen LogP contribution in [0.2, 0.25) is 0 Å². The molecule has 0 aliphatic rings. The highest BCUT2D eigenvalue weighted by molar-refractivity contribution is 6.37. The van der Waals surface area contributed by atoms with Gasteiger partial charge < -0.3 is 35.5 Å². The fourth-order valence-electron chi connectivity index (χ4n) is 7.69. The van der Waals surface area contributed by atoms with E-state index in [4.69, 9.17) is 10.8 Å². The summed E-state index contributed by atoms with van der Waals surface area (Å²) in [6.45, 7) is 8.73. The number of hydrogen-bond acceptors (Lipinski definition) is 7. The van der Waals surface area contributed by atoms with Crippen molar-refractivity contribution in [2.45, 2.75) is 40.8 Å². The largest absolute Gasteiger partial charge is 0.507 e. The fraction of sp³-hybridized carbons (Fsp3) is 0.120. The molecule has 0 fully saturated rings. The zero-order valence-electron chi connectivity index (χ0n) is 34.7. The molecule has 0 aliphatic carbocycles. The lowest BCUT2D eigenvalue weighted by atomic mass is 10.00. The summed E-state index contributed by atoms with van der Waals surface area (Å²) in [5, 5.41) is 33.6. The number of halogens is 2. The topological polar surface area (TPSA) is 177 Å². The van der Waals surface area contributed by atoms with Gasteiger partial charge in [-0.05, 0) is 147 Å². The number of carboxylic acids is 1. The predicted molar refractivity (Wildman–Crippen MR) is 238 cm³/mol. The minimum atomic E-state index is -1.58. The number of nitrogens with one attached hydrogen (secondary N) is 1. The van der Waals surface area contributed by atoms with Gasteiger partial charge in [-0.15, -0.1) is 0 Å². The lowest BCUT2D eigenvalue weighted by molar-refractivity contribution is -0.147. The van der Waals surface area contributed by atoms with Gasteiger partial charge in [0.25, 0.3) is 0 Å². The molecule has 63 heavy (non-hydrogen) atoms. The summed E-state index contributed by atoms with van der Waals surface area (Å²) in [5.74, 6) is -4.63. The monoisotopic (exact) mass is 848 g/mol. The molecular formula is C50H42F2N4O7. The van der Waals surface area contributed by atoms with Crippen LogP contribution >= 0.6 is 0 Å². The molecule has 8 rings (SSSR count). The molecule has 0 radical (unpaired) electrons. The van der Waals surface area contributed by atoms with Crippen molar-refractivity contribution in [2.75, 3.05) is 11.1 Å². The molecule has 8 aromatic rings. The van der Waals surface area contributed by atoms with E-state index < -0.39 is 29.3 Å². The molecule has 0 saturated carbocycles. The van der Waals surface area contributed by atoms with Crippen LogP contribution in [0.3, 0.4) is 0 Å². The number of aromatic nitrogens is 2. The SMILES string of the molecule is Cc1ccc(N)c2cc(C)n(Cc3ccc(O)c(C(=O)c4ccc(F)cc4)c3)c12.Cc1ccc(NC(=O)C(=O)O)c2cc(C)n(Cc3ccc(O)c(C(=O)c4ccc(F)cc4)c3)c12. The predicted octanol–water partition coefficient (Wildman–Crippen LogP) is 9.37.